The molecule has 1 aliphatic heterocycles. The molecule has 25 heavy (non-hydrogen) atoms. The molecule has 1 saturated carbocycles. The number of ether oxygens (including phenoxy) is 1. The van der Waals surface area contributed by atoms with Crippen molar-refractivity contribution in [2.24, 2.45) is 7.05 Å². The summed E-state index contributed by atoms with van der Waals surface area (Å²) in [7, 11) is 1.81. The van der Waals surface area contributed by atoms with Gasteiger partial charge in [-0.05, 0) is 31.4 Å². The maximum absolute atomic E-state index is 12.6. The number of anilines is 1. The highest BCUT2D eigenvalue weighted by atomic mass is 16.5. The molecule has 4 rings (SSSR count). The van der Waals surface area contributed by atoms with Crippen LogP contribution >= 0.6 is 0 Å². The van der Waals surface area contributed by atoms with Gasteiger partial charge in [-0.25, -0.2) is 0 Å². The molecule has 2 heterocycles. The standard InChI is InChI=1S/C18H20N4O3/c1-21-10-9-16(20-21)22-11-8-14(18(22)24)19-17(23)13-4-2-3-5-15(13)25-12-6-7-12/h2-5,9-10,12,14H,6-8,11H2,1H3,(H,19,23). The molecule has 130 valence electrons. The van der Waals surface area contributed by atoms with Crippen LogP contribution in [0.3, 0.4) is 0 Å². The first-order valence-electron chi connectivity index (χ1n) is 8.49. The number of carbonyl (C=O) groups is 2. The molecule has 1 atom stereocenters. The summed E-state index contributed by atoms with van der Waals surface area (Å²) in [5, 5.41) is 7.10. The number of para-hydroxylation sites is 1. The third kappa shape index (κ3) is 3.22. The Morgan fingerprint density at radius 1 is 1.24 bits per heavy atom. The highest BCUT2D eigenvalue weighted by Gasteiger charge is 2.35. The lowest BCUT2D eigenvalue weighted by molar-refractivity contribution is -0.118. The van der Waals surface area contributed by atoms with Crippen LogP contribution in [0.5, 0.6) is 5.75 Å². The zero-order valence-electron chi connectivity index (χ0n) is 14.0. The van der Waals surface area contributed by atoms with Gasteiger partial charge in [-0.15, -0.1) is 0 Å². The summed E-state index contributed by atoms with van der Waals surface area (Å²) in [6, 6.07) is 8.42. The lowest BCUT2D eigenvalue weighted by Gasteiger charge is -2.16. The van der Waals surface area contributed by atoms with E-state index >= 15 is 0 Å². The van der Waals surface area contributed by atoms with Crippen molar-refractivity contribution < 1.29 is 14.3 Å². The molecule has 1 unspecified atom stereocenters. The number of aromatic nitrogens is 2. The fourth-order valence-corrected chi connectivity index (χ4v) is 2.95. The second-order valence-electron chi connectivity index (χ2n) is 6.47. The largest absolute Gasteiger partial charge is 0.490 e. The van der Waals surface area contributed by atoms with E-state index in [1.165, 1.54) is 0 Å². The molecule has 1 aromatic heterocycles. The molecule has 2 aliphatic rings. The van der Waals surface area contributed by atoms with E-state index in [1.54, 1.807) is 47.1 Å². The molecule has 1 aromatic carbocycles. The summed E-state index contributed by atoms with van der Waals surface area (Å²) in [4.78, 5) is 26.8. The van der Waals surface area contributed by atoms with Crippen molar-refractivity contribution >= 4 is 17.6 Å². The Bertz CT molecular complexity index is 812. The van der Waals surface area contributed by atoms with Crippen molar-refractivity contribution in [3.8, 4) is 5.75 Å². The fourth-order valence-electron chi connectivity index (χ4n) is 2.95. The number of benzene rings is 1. The van der Waals surface area contributed by atoms with Crippen molar-refractivity contribution in [2.45, 2.75) is 31.4 Å². The van der Waals surface area contributed by atoms with Crippen LogP contribution in [0.2, 0.25) is 0 Å². The fraction of sp³-hybridized carbons (Fsp3) is 0.389. The summed E-state index contributed by atoms with van der Waals surface area (Å²) in [5.74, 6) is 0.779. The van der Waals surface area contributed by atoms with E-state index in [9.17, 15) is 9.59 Å². The van der Waals surface area contributed by atoms with E-state index in [0.717, 1.165) is 12.8 Å². The summed E-state index contributed by atoms with van der Waals surface area (Å²) >= 11 is 0. The smallest absolute Gasteiger partial charge is 0.255 e. The van der Waals surface area contributed by atoms with E-state index < -0.39 is 6.04 Å². The van der Waals surface area contributed by atoms with Crippen LogP contribution < -0.4 is 15.0 Å². The van der Waals surface area contributed by atoms with Crippen molar-refractivity contribution in [1.82, 2.24) is 15.1 Å². The van der Waals surface area contributed by atoms with Gasteiger partial charge in [0.25, 0.3) is 11.8 Å². The minimum atomic E-state index is -0.538. The third-order valence-corrected chi connectivity index (χ3v) is 4.44. The third-order valence-electron chi connectivity index (χ3n) is 4.44. The Morgan fingerprint density at radius 2 is 2.04 bits per heavy atom. The summed E-state index contributed by atoms with van der Waals surface area (Å²) in [5.41, 5.74) is 0.471. The molecule has 1 aliphatic carbocycles. The van der Waals surface area contributed by atoms with E-state index in [-0.39, 0.29) is 17.9 Å². The maximum atomic E-state index is 12.6. The number of rotatable bonds is 5. The Kier molecular flexibility index (Phi) is 3.91. The van der Waals surface area contributed by atoms with Crippen LogP contribution in [0.15, 0.2) is 36.5 Å². The van der Waals surface area contributed by atoms with Gasteiger partial charge in [0.2, 0.25) is 0 Å². The molecule has 2 amide bonds. The van der Waals surface area contributed by atoms with Gasteiger partial charge in [0.1, 0.15) is 11.8 Å². The predicted molar refractivity (Wildman–Crippen MR) is 91.5 cm³/mol. The van der Waals surface area contributed by atoms with Crippen molar-refractivity contribution in [2.75, 3.05) is 11.4 Å². The molecular weight excluding hydrogens is 320 g/mol. The average Bonchev–Trinajstić information content (AvgIpc) is 3.21. The number of nitrogens with zero attached hydrogens (tertiary/aromatic N) is 3. The highest BCUT2D eigenvalue weighted by molar-refractivity contribution is 6.04. The number of carbonyl (C=O) groups excluding carboxylic acids is 2. The molecule has 0 radical (unpaired) electrons. The SMILES string of the molecule is Cn1ccc(N2CCC(NC(=O)c3ccccc3OC3CC3)C2=O)n1. The summed E-state index contributed by atoms with van der Waals surface area (Å²) in [6.45, 7) is 0.543. The second-order valence-corrected chi connectivity index (χ2v) is 6.47. The minimum absolute atomic E-state index is 0.132. The maximum Gasteiger partial charge on any atom is 0.255 e. The highest BCUT2D eigenvalue weighted by Crippen LogP contribution is 2.29. The van der Waals surface area contributed by atoms with E-state index in [1.807, 2.05) is 6.07 Å². The topological polar surface area (TPSA) is 76.5 Å². The molecule has 2 fully saturated rings. The van der Waals surface area contributed by atoms with Gasteiger partial charge in [-0.1, -0.05) is 12.1 Å². The number of nitrogens with one attached hydrogen (secondary N) is 1. The first-order valence-corrected chi connectivity index (χ1v) is 8.49. The number of hydrogen-bond acceptors (Lipinski definition) is 4. The first-order chi connectivity index (χ1) is 12.1. The molecule has 1 saturated heterocycles. The van der Waals surface area contributed by atoms with E-state index in [4.69, 9.17) is 4.74 Å². The zero-order chi connectivity index (χ0) is 17.4. The molecule has 7 heteroatoms. The monoisotopic (exact) mass is 340 g/mol. The number of amides is 2. The Morgan fingerprint density at radius 3 is 2.76 bits per heavy atom. The quantitative estimate of drug-likeness (QED) is 0.895. The number of hydrogen-bond donors (Lipinski definition) is 1. The molecule has 2 aromatic rings. The van der Waals surface area contributed by atoms with Crippen molar-refractivity contribution in [1.29, 1.82) is 0 Å². The summed E-state index contributed by atoms with van der Waals surface area (Å²) in [6.07, 6.45) is 4.61. The van der Waals surface area contributed by atoms with Crippen LogP contribution in [-0.4, -0.2) is 40.3 Å². The van der Waals surface area contributed by atoms with Gasteiger partial charge < -0.3 is 10.1 Å². The van der Waals surface area contributed by atoms with Gasteiger partial charge in [0, 0.05) is 25.9 Å². The van der Waals surface area contributed by atoms with Gasteiger partial charge in [0.05, 0.1) is 11.7 Å². The predicted octanol–water partition coefficient (Wildman–Crippen LogP) is 1.50. The second kappa shape index (κ2) is 6.23. The van der Waals surface area contributed by atoms with Crippen LogP contribution in [0.25, 0.3) is 0 Å². The molecule has 1 N–H and O–H groups in total. The van der Waals surface area contributed by atoms with Crippen LogP contribution in [0.4, 0.5) is 5.82 Å². The van der Waals surface area contributed by atoms with Crippen LogP contribution in [0, 0.1) is 0 Å². The molecule has 7 nitrogen and oxygen atoms in total. The van der Waals surface area contributed by atoms with Gasteiger partial charge in [0.15, 0.2) is 5.82 Å². The Hall–Kier alpha value is -2.83. The molecular formula is C18H20N4O3. The average molecular weight is 340 g/mol. The van der Waals surface area contributed by atoms with Gasteiger partial charge in [-0.2, -0.15) is 5.10 Å². The van der Waals surface area contributed by atoms with Crippen molar-refractivity contribution in [3.05, 3.63) is 42.1 Å². The molecule has 0 spiro atoms. The Balaban J connectivity index is 1.45. The van der Waals surface area contributed by atoms with E-state index in [0.29, 0.717) is 30.1 Å². The van der Waals surface area contributed by atoms with Gasteiger partial charge >= 0.3 is 0 Å². The first kappa shape index (κ1) is 15.7. The lowest BCUT2D eigenvalue weighted by atomic mass is 10.1. The summed E-state index contributed by atoms with van der Waals surface area (Å²) < 4.78 is 7.45. The lowest BCUT2D eigenvalue weighted by Crippen LogP contribution is -2.41. The van der Waals surface area contributed by atoms with Crippen LogP contribution in [-0.2, 0) is 11.8 Å². The molecule has 0 bridgehead atoms. The van der Waals surface area contributed by atoms with E-state index in [2.05, 4.69) is 10.4 Å². The normalized spacial score (nSPS) is 20.0. The minimum Gasteiger partial charge on any atom is -0.490 e. The number of aryl methyl sites for hydroxylation is 1. The zero-order valence-corrected chi connectivity index (χ0v) is 14.0. The van der Waals surface area contributed by atoms with Crippen molar-refractivity contribution in [3.63, 3.8) is 0 Å². The Labute approximate surface area is 145 Å². The van der Waals surface area contributed by atoms with Gasteiger partial charge in [-0.3, -0.25) is 19.2 Å². The van der Waals surface area contributed by atoms with Crippen LogP contribution in [0.1, 0.15) is 29.6 Å².